The second-order valence-corrected chi connectivity index (χ2v) is 4.34. The van der Waals surface area contributed by atoms with Crippen LogP contribution in [0, 0.1) is 16.0 Å². The lowest BCUT2D eigenvalue weighted by atomic mass is 10.1. The molecule has 1 aromatic rings. The van der Waals surface area contributed by atoms with Crippen molar-refractivity contribution in [2.75, 3.05) is 6.54 Å². The van der Waals surface area contributed by atoms with Gasteiger partial charge in [0.1, 0.15) is 11.9 Å². The minimum atomic E-state index is -0.415. The van der Waals surface area contributed by atoms with Crippen molar-refractivity contribution in [1.82, 2.24) is 0 Å². The Morgan fingerprint density at radius 3 is 3.00 bits per heavy atom. The number of ether oxygens (including phenoxy) is 1. The van der Waals surface area contributed by atoms with Crippen LogP contribution in [0.3, 0.4) is 0 Å². The van der Waals surface area contributed by atoms with Gasteiger partial charge in [0, 0.05) is 12.0 Å². The molecule has 0 spiro atoms. The molecule has 1 aromatic carbocycles. The van der Waals surface area contributed by atoms with Crippen LogP contribution in [0.2, 0.25) is 0 Å². The van der Waals surface area contributed by atoms with E-state index in [0.29, 0.717) is 18.2 Å². The van der Waals surface area contributed by atoms with Gasteiger partial charge >= 0.3 is 0 Å². The third-order valence-corrected chi connectivity index (χ3v) is 3.21. The van der Waals surface area contributed by atoms with Crippen LogP contribution in [0.5, 0.6) is 5.75 Å². The summed E-state index contributed by atoms with van der Waals surface area (Å²) in [7, 11) is 0. The molecule has 5 nitrogen and oxygen atoms in total. The Morgan fingerprint density at radius 1 is 1.47 bits per heavy atom. The summed E-state index contributed by atoms with van der Waals surface area (Å²) in [6.07, 6.45) is 3.27. The molecule has 2 rings (SSSR count). The van der Waals surface area contributed by atoms with Gasteiger partial charge in [-0.25, -0.2) is 0 Å². The van der Waals surface area contributed by atoms with Crippen molar-refractivity contribution in [1.29, 1.82) is 0 Å². The first kappa shape index (κ1) is 11.9. The van der Waals surface area contributed by atoms with Crippen LogP contribution in [-0.2, 0) is 0 Å². The molecule has 92 valence electrons. The maximum absolute atomic E-state index is 10.6. The van der Waals surface area contributed by atoms with E-state index in [4.69, 9.17) is 10.5 Å². The van der Waals surface area contributed by atoms with E-state index in [9.17, 15) is 10.1 Å². The summed E-state index contributed by atoms with van der Waals surface area (Å²) >= 11 is 0. The highest BCUT2D eigenvalue weighted by molar-refractivity contribution is 5.38. The number of benzene rings is 1. The molecule has 0 saturated heterocycles. The highest BCUT2D eigenvalue weighted by Crippen LogP contribution is 2.30. The molecule has 1 saturated carbocycles. The lowest BCUT2D eigenvalue weighted by Gasteiger charge is -2.19. The van der Waals surface area contributed by atoms with Crippen molar-refractivity contribution in [3.05, 3.63) is 34.4 Å². The van der Waals surface area contributed by atoms with E-state index in [1.54, 1.807) is 12.1 Å². The monoisotopic (exact) mass is 236 g/mol. The van der Waals surface area contributed by atoms with Gasteiger partial charge in [0.25, 0.3) is 5.69 Å². The fourth-order valence-corrected chi connectivity index (χ4v) is 2.27. The molecule has 17 heavy (non-hydrogen) atoms. The third-order valence-electron chi connectivity index (χ3n) is 3.21. The van der Waals surface area contributed by atoms with Gasteiger partial charge in [-0.15, -0.1) is 0 Å². The van der Waals surface area contributed by atoms with Crippen molar-refractivity contribution < 1.29 is 9.66 Å². The topological polar surface area (TPSA) is 78.4 Å². The quantitative estimate of drug-likeness (QED) is 0.641. The van der Waals surface area contributed by atoms with Gasteiger partial charge in [-0.3, -0.25) is 10.1 Å². The number of nitro groups is 1. The molecule has 0 bridgehead atoms. The number of nitro benzene ring substituents is 1. The van der Waals surface area contributed by atoms with E-state index < -0.39 is 4.92 Å². The smallest absolute Gasteiger partial charge is 0.273 e. The van der Waals surface area contributed by atoms with Gasteiger partial charge in [0.05, 0.1) is 11.0 Å². The predicted octanol–water partition coefficient (Wildman–Crippen LogP) is 2.10. The Labute approximate surface area is 99.7 Å². The standard InChI is InChI=1S/C12H16N2O3/c13-8-9-3-1-6-12(9)17-11-5-2-4-10(7-11)14(15)16/h2,4-5,7,9,12H,1,3,6,8,13H2. The fourth-order valence-electron chi connectivity index (χ4n) is 2.27. The molecular weight excluding hydrogens is 220 g/mol. The Hall–Kier alpha value is -1.62. The fraction of sp³-hybridized carbons (Fsp3) is 0.500. The summed E-state index contributed by atoms with van der Waals surface area (Å²) in [5.41, 5.74) is 5.73. The van der Waals surface area contributed by atoms with Crippen molar-refractivity contribution >= 4 is 5.69 Å². The van der Waals surface area contributed by atoms with E-state index >= 15 is 0 Å². The Kier molecular flexibility index (Phi) is 3.58. The van der Waals surface area contributed by atoms with Gasteiger partial charge in [0.15, 0.2) is 0 Å². The van der Waals surface area contributed by atoms with Gasteiger partial charge < -0.3 is 10.5 Å². The van der Waals surface area contributed by atoms with Crippen LogP contribution >= 0.6 is 0 Å². The lowest BCUT2D eigenvalue weighted by Crippen LogP contribution is -2.27. The molecule has 1 fully saturated rings. The zero-order valence-electron chi connectivity index (χ0n) is 9.54. The molecule has 1 aliphatic rings. The summed E-state index contributed by atoms with van der Waals surface area (Å²) in [6.45, 7) is 0.611. The SMILES string of the molecule is NCC1CCCC1Oc1cccc([N+](=O)[O-])c1. The van der Waals surface area contributed by atoms with Crippen molar-refractivity contribution in [3.8, 4) is 5.75 Å². The average Bonchev–Trinajstić information content (AvgIpc) is 2.76. The zero-order valence-corrected chi connectivity index (χ0v) is 9.54. The van der Waals surface area contributed by atoms with E-state index in [1.807, 2.05) is 0 Å². The maximum Gasteiger partial charge on any atom is 0.273 e. The molecule has 1 aliphatic carbocycles. The number of hydrogen-bond donors (Lipinski definition) is 1. The first-order valence-electron chi connectivity index (χ1n) is 5.82. The highest BCUT2D eigenvalue weighted by atomic mass is 16.6. The van der Waals surface area contributed by atoms with E-state index in [-0.39, 0.29) is 11.8 Å². The molecule has 5 heteroatoms. The molecule has 0 heterocycles. The van der Waals surface area contributed by atoms with Gasteiger partial charge in [0.2, 0.25) is 0 Å². The largest absolute Gasteiger partial charge is 0.490 e. The van der Waals surface area contributed by atoms with Crippen molar-refractivity contribution in [2.45, 2.75) is 25.4 Å². The number of non-ortho nitro benzene ring substituents is 1. The predicted molar refractivity (Wildman–Crippen MR) is 63.9 cm³/mol. The molecule has 0 aliphatic heterocycles. The summed E-state index contributed by atoms with van der Waals surface area (Å²) in [6, 6.07) is 6.31. The lowest BCUT2D eigenvalue weighted by molar-refractivity contribution is -0.385. The molecule has 0 aromatic heterocycles. The zero-order chi connectivity index (χ0) is 12.3. The number of rotatable bonds is 4. The third kappa shape index (κ3) is 2.74. The van der Waals surface area contributed by atoms with Gasteiger partial charge in [-0.05, 0) is 31.9 Å². The number of hydrogen-bond acceptors (Lipinski definition) is 4. The van der Waals surface area contributed by atoms with Crippen LogP contribution in [0.15, 0.2) is 24.3 Å². The molecule has 2 N–H and O–H groups in total. The first-order valence-corrected chi connectivity index (χ1v) is 5.82. The normalized spacial score (nSPS) is 23.6. The summed E-state index contributed by atoms with van der Waals surface area (Å²) < 4.78 is 5.79. The van der Waals surface area contributed by atoms with Crippen molar-refractivity contribution in [2.24, 2.45) is 11.7 Å². The number of nitrogens with zero attached hydrogens (tertiary/aromatic N) is 1. The second-order valence-electron chi connectivity index (χ2n) is 4.34. The second kappa shape index (κ2) is 5.14. The summed E-state index contributed by atoms with van der Waals surface area (Å²) in [4.78, 5) is 10.2. The van der Waals surface area contributed by atoms with Crippen LogP contribution < -0.4 is 10.5 Å². The van der Waals surface area contributed by atoms with E-state index in [1.165, 1.54) is 12.1 Å². The minimum Gasteiger partial charge on any atom is -0.490 e. The average molecular weight is 236 g/mol. The van der Waals surface area contributed by atoms with Crippen LogP contribution in [-0.4, -0.2) is 17.6 Å². The minimum absolute atomic E-state index is 0.0600. The van der Waals surface area contributed by atoms with Crippen LogP contribution in [0.1, 0.15) is 19.3 Å². The van der Waals surface area contributed by atoms with Crippen LogP contribution in [0.4, 0.5) is 5.69 Å². The molecule has 2 atom stereocenters. The molecular formula is C12H16N2O3. The van der Waals surface area contributed by atoms with E-state index in [2.05, 4.69) is 0 Å². The Bertz CT molecular complexity index is 408. The maximum atomic E-state index is 10.6. The Morgan fingerprint density at radius 2 is 2.29 bits per heavy atom. The van der Waals surface area contributed by atoms with Crippen LogP contribution in [0.25, 0.3) is 0 Å². The van der Waals surface area contributed by atoms with Gasteiger partial charge in [-0.2, -0.15) is 0 Å². The Balaban J connectivity index is 2.07. The van der Waals surface area contributed by atoms with Crippen molar-refractivity contribution in [3.63, 3.8) is 0 Å². The summed E-state index contributed by atoms with van der Waals surface area (Å²) in [5.74, 6) is 0.929. The molecule has 2 unspecified atom stereocenters. The van der Waals surface area contributed by atoms with Gasteiger partial charge in [-0.1, -0.05) is 6.07 Å². The number of nitrogens with two attached hydrogens (primary N) is 1. The first-order chi connectivity index (χ1) is 8.20. The highest BCUT2D eigenvalue weighted by Gasteiger charge is 2.27. The summed E-state index contributed by atoms with van der Waals surface area (Å²) in [5, 5.41) is 10.6. The van der Waals surface area contributed by atoms with E-state index in [0.717, 1.165) is 19.3 Å². The molecule has 0 radical (unpaired) electrons. The molecule has 0 amide bonds.